The Morgan fingerprint density at radius 2 is 1.77 bits per heavy atom. The van der Waals surface area contributed by atoms with Crippen molar-refractivity contribution in [1.29, 1.82) is 0 Å². The van der Waals surface area contributed by atoms with Crippen LogP contribution in [0.25, 0.3) is 11.4 Å². The molecule has 2 aromatic carbocycles. The normalized spacial score (nSPS) is 10.4. The van der Waals surface area contributed by atoms with Crippen molar-refractivity contribution in [3.8, 4) is 17.1 Å². The van der Waals surface area contributed by atoms with E-state index in [4.69, 9.17) is 5.73 Å². The molecule has 0 saturated heterocycles. The lowest BCUT2D eigenvalue weighted by Crippen LogP contribution is -2.05. The Morgan fingerprint density at radius 1 is 1.00 bits per heavy atom. The molecule has 4 N–H and O–H groups in total. The molecule has 22 heavy (non-hydrogen) atoms. The maximum absolute atomic E-state index is 9.94. The summed E-state index contributed by atoms with van der Waals surface area (Å²) < 4.78 is 0. The molecule has 0 unspecified atom stereocenters. The molecule has 110 valence electrons. The molecule has 0 bridgehead atoms. The van der Waals surface area contributed by atoms with E-state index >= 15 is 0 Å². The zero-order valence-electron chi connectivity index (χ0n) is 12.0. The van der Waals surface area contributed by atoms with E-state index in [1.807, 2.05) is 43.3 Å². The zero-order chi connectivity index (χ0) is 15.5. The van der Waals surface area contributed by atoms with Gasteiger partial charge in [0, 0.05) is 5.56 Å². The van der Waals surface area contributed by atoms with Crippen molar-refractivity contribution in [2.45, 2.75) is 6.92 Å². The number of nitrogens with one attached hydrogen (secondary N) is 1. The number of aromatic nitrogens is 3. The van der Waals surface area contributed by atoms with Crippen LogP contribution in [0.4, 0.5) is 17.6 Å². The number of hydrogen-bond acceptors (Lipinski definition) is 6. The summed E-state index contributed by atoms with van der Waals surface area (Å²) in [6.07, 6.45) is 0. The van der Waals surface area contributed by atoms with E-state index in [9.17, 15) is 5.11 Å². The largest absolute Gasteiger partial charge is 0.506 e. The fourth-order valence-corrected chi connectivity index (χ4v) is 2.03. The number of phenolic OH excluding ortho intramolecular Hbond substituents is 1. The van der Waals surface area contributed by atoms with E-state index in [0.29, 0.717) is 11.5 Å². The molecule has 3 aromatic rings. The lowest BCUT2D eigenvalue weighted by molar-refractivity contribution is 0.477. The number of nitrogen functional groups attached to an aromatic ring is 1. The highest BCUT2D eigenvalue weighted by Gasteiger charge is 2.08. The smallest absolute Gasteiger partial charge is 0.232 e. The fraction of sp³-hybridized carbons (Fsp3) is 0.0625. The molecule has 1 aromatic heterocycles. The number of nitrogens with two attached hydrogens (primary N) is 1. The van der Waals surface area contributed by atoms with Gasteiger partial charge in [-0.1, -0.05) is 36.4 Å². The van der Waals surface area contributed by atoms with Crippen LogP contribution in [0.3, 0.4) is 0 Å². The van der Waals surface area contributed by atoms with Crippen LogP contribution in [0.15, 0.2) is 48.5 Å². The summed E-state index contributed by atoms with van der Waals surface area (Å²) >= 11 is 0. The molecular weight excluding hydrogens is 278 g/mol. The number of aromatic hydroxyl groups is 1. The van der Waals surface area contributed by atoms with E-state index < -0.39 is 0 Å². The summed E-state index contributed by atoms with van der Waals surface area (Å²) in [4.78, 5) is 12.5. The minimum Gasteiger partial charge on any atom is -0.506 e. The van der Waals surface area contributed by atoms with Gasteiger partial charge in [0.15, 0.2) is 5.82 Å². The topological polar surface area (TPSA) is 97.0 Å². The average Bonchev–Trinajstić information content (AvgIpc) is 2.50. The molecule has 0 aliphatic heterocycles. The van der Waals surface area contributed by atoms with Crippen LogP contribution >= 0.6 is 0 Å². The van der Waals surface area contributed by atoms with E-state index in [2.05, 4.69) is 20.3 Å². The summed E-state index contributed by atoms with van der Waals surface area (Å²) in [7, 11) is 0. The molecule has 0 fully saturated rings. The van der Waals surface area contributed by atoms with Crippen molar-refractivity contribution in [1.82, 2.24) is 15.0 Å². The van der Waals surface area contributed by atoms with Crippen LogP contribution in [-0.4, -0.2) is 20.1 Å². The number of phenols is 1. The Balaban J connectivity index is 1.96. The van der Waals surface area contributed by atoms with Crippen LogP contribution in [0.5, 0.6) is 5.75 Å². The molecule has 0 aliphatic rings. The summed E-state index contributed by atoms with van der Waals surface area (Å²) in [5.41, 5.74) is 8.06. The first kappa shape index (κ1) is 13.8. The first-order valence-electron chi connectivity index (χ1n) is 6.75. The summed E-state index contributed by atoms with van der Waals surface area (Å²) in [5, 5.41) is 12.9. The maximum Gasteiger partial charge on any atom is 0.232 e. The number of aryl methyl sites for hydroxylation is 1. The molecule has 0 saturated carbocycles. The van der Waals surface area contributed by atoms with Crippen LogP contribution in [0.1, 0.15) is 5.56 Å². The molecule has 6 heteroatoms. The second-order valence-corrected chi connectivity index (χ2v) is 4.85. The molecule has 0 radical (unpaired) electrons. The van der Waals surface area contributed by atoms with Gasteiger partial charge in [0.25, 0.3) is 0 Å². The van der Waals surface area contributed by atoms with Gasteiger partial charge in [-0.15, -0.1) is 0 Å². The standard InChI is InChI=1S/C16H15N5O/c1-10-7-8-12(13(22)9-10)18-16-20-14(19-15(17)21-16)11-5-3-2-4-6-11/h2-9,22H,1H3,(H3,17,18,19,20,21). The second kappa shape index (κ2) is 5.69. The highest BCUT2D eigenvalue weighted by molar-refractivity contribution is 5.65. The predicted molar refractivity (Wildman–Crippen MR) is 85.8 cm³/mol. The second-order valence-electron chi connectivity index (χ2n) is 4.85. The van der Waals surface area contributed by atoms with E-state index in [-0.39, 0.29) is 17.6 Å². The number of rotatable bonds is 3. The van der Waals surface area contributed by atoms with Crippen LogP contribution < -0.4 is 11.1 Å². The Morgan fingerprint density at radius 3 is 2.50 bits per heavy atom. The maximum atomic E-state index is 9.94. The monoisotopic (exact) mass is 293 g/mol. The van der Waals surface area contributed by atoms with E-state index in [0.717, 1.165) is 11.1 Å². The third kappa shape index (κ3) is 2.95. The number of hydrogen-bond donors (Lipinski definition) is 3. The lowest BCUT2D eigenvalue weighted by Gasteiger charge is -2.09. The summed E-state index contributed by atoms with van der Waals surface area (Å²) in [5.74, 6) is 0.996. The van der Waals surface area contributed by atoms with Crippen molar-refractivity contribution in [2.75, 3.05) is 11.1 Å². The number of benzene rings is 2. The Hall–Kier alpha value is -3.15. The van der Waals surface area contributed by atoms with E-state index in [1.165, 1.54) is 0 Å². The van der Waals surface area contributed by atoms with Gasteiger partial charge in [0.05, 0.1) is 5.69 Å². The molecule has 0 aliphatic carbocycles. The fourth-order valence-electron chi connectivity index (χ4n) is 2.03. The van der Waals surface area contributed by atoms with Gasteiger partial charge in [-0.2, -0.15) is 15.0 Å². The lowest BCUT2D eigenvalue weighted by atomic mass is 10.2. The highest BCUT2D eigenvalue weighted by Crippen LogP contribution is 2.27. The average molecular weight is 293 g/mol. The van der Waals surface area contributed by atoms with Crippen molar-refractivity contribution in [2.24, 2.45) is 0 Å². The van der Waals surface area contributed by atoms with Gasteiger partial charge in [-0.05, 0) is 24.6 Å². The third-order valence-electron chi connectivity index (χ3n) is 3.08. The minimum absolute atomic E-state index is 0.114. The number of nitrogens with zero attached hydrogens (tertiary/aromatic N) is 3. The molecule has 0 atom stereocenters. The summed E-state index contributed by atoms with van der Waals surface area (Å²) in [6, 6.07) is 14.8. The van der Waals surface area contributed by atoms with Crippen LogP contribution in [0, 0.1) is 6.92 Å². The van der Waals surface area contributed by atoms with Gasteiger partial charge in [-0.3, -0.25) is 0 Å². The molecule has 0 spiro atoms. The van der Waals surface area contributed by atoms with Gasteiger partial charge in [0.2, 0.25) is 11.9 Å². The van der Waals surface area contributed by atoms with Crippen molar-refractivity contribution < 1.29 is 5.11 Å². The molecule has 0 amide bonds. The highest BCUT2D eigenvalue weighted by atomic mass is 16.3. The zero-order valence-corrected chi connectivity index (χ0v) is 12.0. The third-order valence-corrected chi connectivity index (χ3v) is 3.08. The van der Waals surface area contributed by atoms with Gasteiger partial charge < -0.3 is 16.2 Å². The van der Waals surface area contributed by atoms with Gasteiger partial charge in [-0.25, -0.2) is 0 Å². The van der Waals surface area contributed by atoms with Crippen molar-refractivity contribution in [3.63, 3.8) is 0 Å². The predicted octanol–water partition coefficient (Wildman–Crippen LogP) is 2.88. The minimum atomic E-state index is 0.114. The first-order chi connectivity index (χ1) is 10.6. The Kier molecular flexibility index (Phi) is 3.57. The van der Waals surface area contributed by atoms with Crippen LogP contribution in [-0.2, 0) is 0 Å². The summed E-state index contributed by atoms with van der Waals surface area (Å²) in [6.45, 7) is 1.90. The molecule has 1 heterocycles. The first-order valence-corrected chi connectivity index (χ1v) is 6.75. The number of anilines is 3. The molecule has 6 nitrogen and oxygen atoms in total. The van der Waals surface area contributed by atoms with Crippen molar-refractivity contribution >= 4 is 17.6 Å². The molecular formula is C16H15N5O. The van der Waals surface area contributed by atoms with E-state index in [1.54, 1.807) is 12.1 Å². The van der Waals surface area contributed by atoms with Gasteiger partial charge >= 0.3 is 0 Å². The van der Waals surface area contributed by atoms with Crippen molar-refractivity contribution in [3.05, 3.63) is 54.1 Å². The SMILES string of the molecule is Cc1ccc(Nc2nc(N)nc(-c3ccccc3)n2)c(O)c1. The quantitative estimate of drug-likeness (QED) is 0.642. The Bertz CT molecular complexity index is 805. The molecule has 3 rings (SSSR count). The van der Waals surface area contributed by atoms with Crippen LogP contribution in [0.2, 0.25) is 0 Å². The van der Waals surface area contributed by atoms with Gasteiger partial charge in [0.1, 0.15) is 5.75 Å². The Labute approximate surface area is 127 Å².